The van der Waals surface area contributed by atoms with E-state index < -0.39 is 0 Å². The van der Waals surface area contributed by atoms with Crippen LogP contribution in [0.1, 0.15) is 0 Å². The van der Waals surface area contributed by atoms with Gasteiger partial charge in [-0.1, -0.05) is 206 Å². The van der Waals surface area contributed by atoms with Crippen LogP contribution in [0.4, 0.5) is 0 Å². The lowest BCUT2D eigenvalue weighted by Crippen LogP contribution is -1.96. The van der Waals surface area contributed by atoms with Crippen LogP contribution in [0.2, 0.25) is 0 Å². The first-order chi connectivity index (χ1) is 29.8. The van der Waals surface area contributed by atoms with E-state index in [2.05, 4.69) is 231 Å². The predicted octanol–water partition coefficient (Wildman–Crippen LogP) is 16.9. The average Bonchev–Trinajstić information content (AvgIpc) is 3.33. The lowest BCUT2D eigenvalue weighted by molar-refractivity contribution is 1.59. The largest absolute Gasteiger partial charge is 0.0622 e. The molecule has 0 amide bonds. The zero-order chi connectivity index (χ0) is 39.6. The van der Waals surface area contributed by atoms with Crippen LogP contribution in [-0.4, -0.2) is 0 Å². The summed E-state index contributed by atoms with van der Waals surface area (Å²) in [6.07, 6.45) is 0. The minimum Gasteiger partial charge on any atom is -0.0622 e. The molecule has 0 unspecified atom stereocenters. The Bertz CT molecular complexity index is 3340. The standard InChI is InChI=1S/C60H38/c1-3-17-41(18-4-1)47-23-11-13-25-49(47)57-37-55(45-29-27-39-15-7-9-21-43(39)35-45)51-32-34-54-58(50-26-14-12-24-48(50)42-19-5-2-6-20-42)38-56(52-31-33-53(57)59(51)60(52)54)46-30-28-40-16-8-10-22-44(40)36-46/h1-38H. The van der Waals surface area contributed by atoms with Crippen molar-refractivity contribution in [3.8, 4) is 66.8 Å². The summed E-state index contributed by atoms with van der Waals surface area (Å²) in [5.41, 5.74) is 14.7. The summed E-state index contributed by atoms with van der Waals surface area (Å²) in [6.45, 7) is 0. The molecule has 0 aliphatic heterocycles. The third-order valence-electron chi connectivity index (χ3n) is 12.6. The van der Waals surface area contributed by atoms with Gasteiger partial charge in [0.15, 0.2) is 0 Å². The summed E-state index contributed by atoms with van der Waals surface area (Å²) in [5, 5.41) is 12.6. The molecule has 0 heterocycles. The molecule has 0 saturated carbocycles. The first-order valence-electron chi connectivity index (χ1n) is 20.8. The molecule has 0 spiro atoms. The van der Waals surface area contributed by atoms with Crippen LogP contribution >= 0.6 is 0 Å². The maximum atomic E-state index is 2.46. The zero-order valence-electron chi connectivity index (χ0n) is 32.9. The molecule has 0 fully saturated rings. The first kappa shape index (κ1) is 34.3. The van der Waals surface area contributed by atoms with E-state index in [9.17, 15) is 0 Å². The number of rotatable bonds is 6. The second kappa shape index (κ2) is 13.9. The van der Waals surface area contributed by atoms with Gasteiger partial charge in [-0.15, -0.1) is 0 Å². The molecule has 12 aromatic carbocycles. The van der Waals surface area contributed by atoms with E-state index in [0.29, 0.717) is 0 Å². The van der Waals surface area contributed by atoms with Crippen molar-refractivity contribution < 1.29 is 0 Å². The van der Waals surface area contributed by atoms with E-state index >= 15 is 0 Å². The molecule has 0 atom stereocenters. The second-order valence-corrected chi connectivity index (χ2v) is 16.0. The molecule has 0 heteroatoms. The smallest absolute Gasteiger partial charge is 0.00139 e. The number of fused-ring (bicyclic) bond motifs is 2. The van der Waals surface area contributed by atoms with Gasteiger partial charge in [0.1, 0.15) is 0 Å². The summed E-state index contributed by atoms with van der Waals surface area (Å²) in [4.78, 5) is 0. The topological polar surface area (TPSA) is 0 Å². The van der Waals surface area contributed by atoms with Crippen molar-refractivity contribution in [3.05, 3.63) is 231 Å². The Morgan fingerprint density at radius 3 is 0.917 bits per heavy atom. The summed E-state index contributed by atoms with van der Waals surface area (Å²) in [5.74, 6) is 0. The molecular formula is C60H38. The second-order valence-electron chi connectivity index (χ2n) is 16.0. The van der Waals surface area contributed by atoms with Crippen LogP contribution in [0.3, 0.4) is 0 Å². The summed E-state index contributed by atoms with van der Waals surface area (Å²) in [6, 6.07) is 85.3. The highest BCUT2D eigenvalue weighted by Gasteiger charge is 2.23. The Morgan fingerprint density at radius 1 is 0.167 bits per heavy atom. The number of hydrogen-bond donors (Lipinski definition) is 0. The van der Waals surface area contributed by atoms with Crippen molar-refractivity contribution in [2.75, 3.05) is 0 Å². The molecule has 278 valence electrons. The van der Waals surface area contributed by atoms with Crippen molar-refractivity contribution in [1.82, 2.24) is 0 Å². The Kier molecular flexibility index (Phi) is 7.96. The first-order valence-corrected chi connectivity index (χ1v) is 20.8. The predicted molar refractivity (Wildman–Crippen MR) is 258 cm³/mol. The molecule has 0 aromatic heterocycles. The maximum absolute atomic E-state index is 2.46. The highest BCUT2D eigenvalue weighted by atomic mass is 14.3. The van der Waals surface area contributed by atoms with E-state index in [4.69, 9.17) is 0 Å². The van der Waals surface area contributed by atoms with Gasteiger partial charge < -0.3 is 0 Å². The molecule has 60 heavy (non-hydrogen) atoms. The van der Waals surface area contributed by atoms with Gasteiger partial charge in [-0.25, -0.2) is 0 Å². The summed E-state index contributed by atoms with van der Waals surface area (Å²) >= 11 is 0. The normalized spacial score (nSPS) is 11.7. The third kappa shape index (κ3) is 5.53. The van der Waals surface area contributed by atoms with E-state index in [1.165, 1.54) is 121 Å². The number of benzene rings is 12. The highest BCUT2D eigenvalue weighted by molar-refractivity contribution is 6.32. The molecule has 0 nitrogen and oxygen atoms in total. The van der Waals surface area contributed by atoms with Gasteiger partial charge in [0.2, 0.25) is 0 Å². The Labute approximate surface area is 349 Å². The minimum absolute atomic E-state index is 1.21. The van der Waals surface area contributed by atoms with Crippen LogP contribution < -0.4 is 0 Å². The van der Waals surface area contributed by atoms with Crippen molar-refractivity contribution in [2.45, 2.75) is 0 Å². The van der Waals surface area contributed by atoms with Crippen molar-refractivity contribution >= 4 is 53.9 Å². The van der Waals surface area contributed by atoms with Crippen molar-refractivity contribution in [1.29, 1.82) is 0 Å². The van der Waals surface area contributed by atoms with Gasteiger partial charge in [0.25, 0.3) is 0 Å². The molecule has 0 bridgehead atoms. The van der Waals surface area contributed by atoms with E-state index in [1.54, 1.807) is 0 Å². The zero-order valence-corrected chi connectivity index (χ0v) is 32.9. The van der Waals surface area contributed by atoms with E-state index in [1.807, 2.05) is 0 Å². The van der Waals surface area contributed by atoms with E-state index in [-0.39, 0.29) is 0 Å². The Balaban J connectivity index is 1.25. The maximum Gasteiger partial charge on any atom is -0.00139 e. The Hall–Kier alpha value is -7.80. The van der Waals surface area contributed by atoms with Crippen LogP contribution in [0.25, 0.3) is 121 Å². The van der Waals surface area contributed by atoms with Crippen molar-refractivity contribution in [3.63, 3.8) is 0 Å². The highest BCUT2D eigenvalue weighted by Crippen LogP contribution is 2.50. The monoisotopic (exact) mass is 758 g/mol. The molecular weight excluding hydrogens is 721 g/mol. The minimum atomic E-state index is 1.21. The van der Waals surface area contributed by atoms with Crippen LogP contribution in [0.15, 0.2) is 231 Å². The van der Waals surface area contributed by atoms with Crippen LogP contribution in [0, 0.1) is 0 Å². The fraction of sp³-hybridized carbons (Fsp3) is 0. The lowest BCUT2D eigenvalue weighted by Gasteiger charge is -2.23. The number of hydrogen-bond acceptors (Lipinski definition) is 0. The fourth-order valence-electron chi connectivity index (χ4n) is 9.80. The molecule has 0 aliphatic rings. The van der Waals surface area contributed by atoms with Gasteiger partial charge in [-0.2, -0.15) is 0 Å². The third-order valence-corrected chi connectivity index (χ3v) is 12.6. The molecule has 0 aliphatic carbocycles. The van der Waals surface area contributed by atoms with Crippen LogP contribution in [0.5, 0.6) is 0 Å². The van der Waals surface area contributed by atoms with Gasteiger partial charge in [-0.3, -0.25) is 0 Å². The quantitative estimate of drug-likeness (QED) is 0.148. The van der Waals surface area contributed by atoms with Crippen molar-refractivity contribution in [2.24, 2.45) is 0 Å². The molecule has 12 rings (SSSR count). The lowest BCUT2D eigenvalue weighted by atomic mass is 9.80. The van der Waals surface area contributed by atoms with Gasteiger partial charge in [0, 0.05) is 0 Å². The SMILES string of the molecule is c1ccc(-c2ccccc2-c2cc(-c3ccc4ccccc4c3)c3ccc4c(-c5ccccc5-c5ccccc5)cc(-c5ccc6ccccc6c5)c5ccc2c3c54)cc1. The van der Waals surface area contributed by atoms with Crippen LogP contribution in [-0.2, 0) is 0 Å². The van der Waals surface area contributed by atoms with Gasteiger partial charge in [-0.05, 0) is 145 Å². The molecule has 0 N–H and O–H groups in total. The average molecular weight is 759 g/mol. The summed E-state index contributed by atoms with van der Waals surface area (Å²) < 4.78 is 0. The fourth-order valence-corrected chi connectivity index (χ4v) is 9.80. The Morgan fingerprint density at radius 2 is 0.500 bits per heavy atom. The molecule has 0 radical (unpaired) electrons. The summed E-state index contributed by atoms with van der Waals surface area (Å²) in [7, 11) is 0. The van der Waals surface area contributed by atoms with E-state index in [0.717, 1.165) is 0 Å². The molecule has 12 aromatic rings. The molecule has 0 saturated heterocycles. The van der Waals surface area contributed by atoms with Gasteiger partial charge >= 0.3 is 0 Å². The van der Waals surface area contributed by atoms with Gasteiger partial charge in [0.05, 0.1) is 0 Å².